The van der Waals surface area contributed by atoms with Crippen LogP contribution in [0, 0.1) is 0 Å². The molecule has 1 saturated heterocycles. The highest BCUT2D eigenvalue weighted by molar-refractivity contribution is 5.96. The zero-order chi connectivity index (χ0) is 11.4. The van der Waals surface area contributed by atoms with Crippen LogP contribution in [0.5, 0.6) is 0 Å². The Labute approximate surface area is 95.0 Å². The van der Waals surface area contributed by atoms with Gasteiger partial charge in [0.15, 0.2) is 5.78 Å². The molecule has 16 heavy (non-hydrogen) atoms. The number of carbonyl (C=O) groups excluding carboxylic acids is 1. The molecule has 1 N–H and O–H groups in total. The summed E-state index contributed by atoms with van der Waals surface area (Å²) in [4.78, 5) is 15.8. The molecule has 2 atom stereocenters. The van der Waals surface area contributed by atoms with Gasteiger partial charge in [-0.05, 0) is 19.1 Å². The van der Waals surface area contributed by atoms with E-state index in [1.807, 2.05) is 0 Å². The number of hydrogen-bond donors (Lipinski definition) is 1. The van der Waals surface area contributed by atoms with E-state index in [9.17, 15) is 4.79 Å². The molecule has 1 aromatic rings. The third kappa shape index (κ3) is 2.87. The standard InChI is InChI=1S/C12H16N2O2/c1-9-7-16-8-11(14-9)6-12(15)10-2-4-13-5-3-10/h2-5,9,11,14H,6-8H2,1H3. The maximum absolute atomic E-state index is 11.9. The number of ketones is 1. The highest BCUT2D eigenvalue weighted by atomic mass is 16.5. The van der Waals surface area contributed by atoms with Crippen LogP contribution < -0.4 is 5.32 Å². The molecule has 0 spiro atoms. The summed E-state index contributed by atoms with van der Waals surface area (Å²) in [6.07, 6.45) is 3.76. The first-order chi connectivity index (χ1) is 7.75. The second kappa shape index (κ2) is 5.18. The van der Waals surface area contributed by atoms with E-state index in [-0.39, 0.29) is 11.8 Å². The first-order valence-corrected chi connectivity index (χ1v) is 5.52. The highest BCUT2D eigenvalue weighted by Gasteiger charge is 2.21. The lowest BCUT2D eigenvalue weighted by Gasteiger charge is -2.28. The smallest absolute Gasteiger partial charge is 0.164 e. The molecule has 1 fully saturated rings. The fourth-order valence-electron chi connectivity index (χ4n) is 1.88. The van der Waals surface area contributed by atoms with Gasteiger partial charge in [0.25, 0.3) is 0 Å². The van der Waals surface area contributed by atoms with Gasteiger partial charge in [-0.1, -0.05) is 0 Å². The van der Waals surface area contributed by atoms with Crippen molar-refractivity contribution in [2.45, 2.75) is 25.4 Å². The van der Waals surface area contributed by atoms with E-state index in [0.717, 1.165) is 12.2 Å². The Bertz CT molecular complexity index is 353. The molecular weight excluding hydrogens is 204 g/mol. The van der Waals surface area contributed by atoms with Crippen molar-refractivity contribution in [3.8, 4) is 0 Å². The van der Waals surface area contributed by atoms with Crippen molar-refractivity contribution < 1.29 is 9.53 Å². The van der Waals surface area contributed by atoms with Gasteiger partial charge >= 0.3 is 0 Å². The molecule has 1 aliphatic heterocycles. The van der Waals surface area contributed by atoms with E-state index in [1.54, 1.807) is 24.5 Å². The van der Waals surface area contributed by atoms with Crippen LogP contribution in [0.4, 0.5) is 0 Å². The average Bonchev–Trinajstić information content (AvgIpc) is 2.30. The minimum Gasteiger partial charge on any atom is -0.378 e. The molecule has 86 valence electrons. The summed E-state index contributed by atoms with van der Waals surface area (Å²) in [5.41, 5.74) is 0.718. The quantitative estimate of drug-likeness (QED) is 0.773. The van der Waals surface area contributed by atoms with Gasteiger partial charge in [0.05, 0.1) is 13.2 Å². The number of nitrogens with zero attached hydrogens (tertiary/aromatic N) is 1. The predicted molar refractivity (Wildman–Crippen MR) is 60.4 cm³/mol. The maximum atomic E-state index is 11.9. The molecule has 2 rings (SSSR count). The Balaban J connectivity index is 1.92. The molecule has 1 aromatic heterocycles. The normalized spacial score (nSPS) is 25.3. The van der Waals surface area contributed by atoms with Crippen LogP contribution in [0.1, 0.15) is 23.7 Å². The third-order valence-corrected chi connectivity index (χ3v) is 2.64. The third-order valence-electron chi connectivity index (χ3n) is 2.64. The SMILES string of the molecule is CC1COCC(CC(=O)c2ccncc2)N1. The number of rotatable bonds is 3. The van der Waals surface area contributed by atoms with Gasteiger partial charge < -0.3 is 10.1 Å². The fraction of sp³-hybridized carbons (Fsp3) is 0.500. The van der Waals surface area contributed by atoms with Gasteiger partial charge in [0.2, 0.25) is 0 Å². The number of pyridine rings is 1. The van der Waals surface area contributed by atoms with E-state index < -0.39 is 0 Å². The number of carbonyl (C=O) groups is 1. The van der Waals surface area contributed by atoms with Crippen molar-refractivity contribution in [3.63, 3.8) is 0 Å². The van der Waals surface area contributed by atoms with Crippen LogP contribution in [-0.2, 0) is 4.74 Å². The van der Waals surface area contributed by atoms with Crippen molar-refractivity contribution in [3.05, 3.63) is 30.1 Å². The second-order valence-electron chi connectivity index (χ2n) is 4.17. The van der Waals surface area contributed by atoms with Crippen molar-refractivity contribution >= 4 is 5.78 Å². The number of Topliss-reactive ketones (excluding diaryl/α,β-unsaturated/α-hetero) is 1. The number of aromatic nitrogens is 1. The molecule has 4 heteroatoms. The Morgan fingerprint density at radius 1 is 1.50 bits per heavy atom. The first-order valence-electron chi connectivity index (χ1n) is 5.52. The average molecular weight is 220 g/mol. The van der Waals surface area contributed by atoms with Gasteiger partial charge in [-0.15, -0.1) is 0 Å². The Hall–Kier alpha value is -1.26. The summed E-state index contributed by atoms with van der Waals surface area (Å²) in [6, 6.07) is 3.94. The van der Waals surface area contributed by atoms with Crippen LogP contribution in [0.2, 0.25) is 0 Å². The van der Waals surface area contributed by atoms with E-state index >= 15 is 0 Å². The topological polar surface area (TPSA) is 51.2 Å². The van der Waals surface area contributed by atoms with Crippen molar-refractivity contribution in [2.75, 3.05) is 13.2 Å². The van der Waals surface area contributed by atoms with Crippen LogP contribution >= 0.6 is 0 Å². The van der Waals surface area contributed by atoms with Gasteiger partial charge in [0.1, 0.15) is 0 Å². The zero-order valence-corrected chi connectivity index (χ0v) is 9.35. The van der Waals surface area contributed by atoms with Gasteiger partial charge in [-0.3, -0.25) is 9.78 Å². The minimum atomic E-state index is 0.129. The van der Waals surface area contributed by atoms with E-state index in [2.05, 4.69) is 17.2 Å². The van der Waals surface area contributed by atoms with Crippen molar-refractivity contribution in [2.24, 2.45) is 0 Å². The summed E-state index contributed by atoms with van der Waals surface area (Å²) < 4.78 is 5.40. The highest BCUT2D eigenvalue weighted by Crippen LogP contribution is 2.08. The number of ether oxygens (including phenoxy) is 1. The summed E-state index contributed by atoms with van der Waals surface area (Å²) in [5.74, 6) is 0.137. The molecule has 2 unspecified atom stereocenters. The molecule has 0 saturated carbocycles. The summed E-state index contributed by atoms with van der Waals surface area (Å²) >= 11 is 0. The van der Waals surface area contributed by atoms with E-state index in [4.69, 9.17) is 4.74 Å². The van der Waals surface area contributed by atoms with Crippen LogP contribution in [0.25, 0.3) is 0 Å². The minimum absolute atomic E-state index is 0.129. The fourth-order valence-corrected chi connectivity index (χ4v) is 1.88. The Kier molecular flexibility index (Phi) is 3.64. The molecule has 4 nitrogen and oxygen atoms in total. The molecular formula is C12H16N2O2. The summed E-state index contributed by atoms with van der Waals surface area (Å²) in [5, 5.41) is 3.36. The first kappa shape index (κ1) is 11.2. The molecule has 1 aliphatic rings. The summed E-state index contributed by atoms with van der Waals surface area (Å²) in [7, 11) is 0. The molecule has 0 amide bonds. The largest absolute Gasteiger partial charge is 0.378 e. The van der Waals surface area contributed by atoms with Gasteiger partial charge in [-0.25, -0.2) is 0 Å². The lowest BCUT2D eigenvalue weighted by atomic mass is 10.0. The van der Waals surface area contributed by atoms with Crippen LogP contribution in [-0.4, -0.2) is 36.1 Å². The molecule has 0 bridgehead atoms. The molecule has 2 heterocycles. The van der Waals surface area contributed by atoms with E-state index in [0.29, 0.717) is 19.1 Å². The Morgan fingerprint density at radius 2 is 2.25 bits per heavy atom. The summed E-state index contributed by atoms with van der Waals surface area (Å²) in [6.45, 7) is 3.39. The lowest BCUT2D eigenvalue weighted by Crippen LogP contribution is -2.48. The predicted octanol–water partition coefficient (Wildman–Crippen LogP) is 1.03. The zero-order valence-electron chi connectivity index (χ0n) is 9.35. The molecule has 0 aromatic carbocycles. The monoisotopic (exact) mass is 220 g/mol. The number of hydrogen-bond acceptors (Lipinski definition) is 4. The van der Waals surface area contributed by atoms with E-state index in [1.165, 1.54) is 0 Å². The lowest BCUT2D eigenvalue weighted by molar-refractivity contribution is 0.0463. The van der Waals surface area contributed by atoms with Crippen LogP contribution in [0.3, 0.4) is 0 Å². The number of morpholine rings is 1. The second-order valence-corrected chi connectivity index (χ2v) is 4.17. The maximum Gasteiger partial charge on any atom is 0.164 e. The van der Waals surface area contributed by atoms with Crippen molar-refractivity contribution in [1.29, 1.82) is 0 Å². The Morgan fingerprint density at radius 3 is 2.94 bits per heavy atom. The van der Waals surface area contributed by atoms with Crippen molar-refractivity contribution in [1.82, 2.24) is 10.3 Å². The molecule has 0 aliphatic carbocycles. The van der Waals surface area contributed by atoms with Crippen LogP contribution in [0.15, 0.2) is 24.5 Å². The number of nitrogens with one attached hydrogen (secondary N) is 1. The van der Waals surface area contributed by atoms with Gasteiger partial charge in [0, 0.05) is 36.5 Å². The van der Waals surface area contributed by atoms with Gasteiger partial charge in [-0.2, -0.15) is 0 Å². The molecule has 0 radical (unpaired) electrons.